The zero-order chi connectivity index (χ0) is 18.4. The van der Waals surface area contributed by atoms with Gasteiger partial charge in [-0.2, -0.15) is 0 Å². The molecule has 0 aliphatic heterocycles. The van der Waals surface area contributed by atoms with E-state index in [2.05, 4.69) is 20.5 Å². The van der Waals surface area contributed by atoms with Crippen LogP contribution in [0.25, 0.3) is 0 Å². The SMILES string of the molecule is Nn1c(CCC2CCCCC2)nnc1SCC(=O)Nc1cccnc1Cl. The van der Waals surface area contributed by atoms with Crippen molar-refractivity contribution in [1.82, 2.24) is 19.9 Å². The van der Waals surface area contributed by atoms with E-state index in [1.54, 1.807) is 18.3 Å². The zero-order valence-electron chi connectivity index (χ0n) is 14.5. The van der Waals surface area contributed by atoms with Crippen molar-refractivity contribution in [1.29, 1.82) is 0 Å². The quantitative estimate of drug-likeness (QED) is 0.424. The van der Waals surface area contributed by atoms with Gasteiger partial charge in [0.15, 0.2) is 11.0 Å². The molecule has 3 rings (SSSR count). The van der Waals surface area contributed by atoms with Gasteiger partial charge in [0.1, 0.15) is 0 Å². The summed E-state index contributed by atoms with van der Waals surface area (Å²) < 4.78 is 1.50. The number of rotatable bonds is 7. The fourth-order valence-corrected chi connectivity index (χ4v) is 4.02. The average molecular weight is 395 g/mol. The molecule has 2 aromatic heterocycles. The number of nitrogen functional groups attached to an aromatic ring is 1. The van der Waals surface area contributed by atoms with Gasteiger partial charge in [0.25, 0.3) is 0 Å². The maximum Gasteiger partial charge on any atom is 0.234 e. The van der Waals surface area contributed by atoms with Crippen molar-refractivity contribution in [2.75, 3.05) is 16.9 Å². The van der Waals surface area contributed by atoms with E-state index in [9.17, 15) is 4.79 Å². The fraction of sp³-hybridized carbons (Fsp3) is 0.529. The van der Waals surface area contributed by atoms with Crippen LogP contribution in [0.3, 0.4) is 0 Å². The number of carbonyl (C=O) groups excluding carboxylic acids is 1. The Hall–Kier alpha value is -1.80. The lowest BCUT2D eigenvalue weighted by molar-refractivity contribution is -0.113. The third kappa shape index (κ3) is 5.11. The first-order chi connectivity index (χ1) is 12.6. The topological polar surface area (TPSA) is 98.7 Å². The van der Waals surface area contributed by atoms with Crippen LogP contribution in [0.4, 0.5) is 5.69 Å². The lowest BCUT2D eigenvalue weighted by Crippen LogP contribution is -2.18. The number of nitrogens with two attached hydrogens (primary N) is 1. The van der Waals surface area contributed by atoms with Crippen LogP contribution in [-0.2, 0) is 11.2 Å². The molecule has 2 aromatic rings. The second kappa shape index (κ2) is 9.23. The van der Waals surface area contributed by atoms with Crippen molar-refractivity contribution in [2.24, 2.45) is 5.92 Å². The molecule has 0 atom stereocenters. The fourth-order valence-electron chi connectivity index (χ4n) is 3.18. The highest BCUT2D eigenvalue weighted by Gasteiger charge is 2.17. The molecule has 2 heterocycles. The molecule has 7 nitrogen and oxygen atoms in total. The molecule has 0 unspecified atom stereocenters. The third-order valence-electron chi connectivity index (χ3n) is 4.60. The van der Waals surface area contributed by atoms with Crippen LogP contribution in [0.1, 0.15) is 44.3 Å². The molecule has 1 amide bonds. The lowest BCUT2D eigenvalue weighted by atomic mass is 9.86. The van der Waals surface area contributed by atoms with Crippen molar-refractivity contribution in [3.63, 3.8) is 0 Å². The smallest absolute Gasteiger partial charge is 0.234 e. The second-order valence-electron chi connectivity index (χ2n) is 6.49. The average Bonchev–Trinajstić information content (AvgIpc) is 3.01. The molecule has 26 heavy (non-hydrogen) atoms. The van der Waals surface area contributed by atoms with Crippen LogP contribution in [0.15, 0.2) is 23.5 Å². The van der Waals surface area contributed by atoms with E-state index in [4.69, 9.17) is 17.4 Å². The lowest BCUT2D eigenvalue weighted by Gasteiger charge is -2.20. The number of amides is 1. The summed E-state index contributed by atoms with van der Waals surface area (Å²) in [4.78, 5) is 16.0. The van der Waals surface area contributed by atoms with E-state index < -0.39 is 0 Å². The molecule has 9 heteroatoms. The molecule has 0 bridgehead atoms. The zero-order valence-corrected chi connectivity index (χ0v) is 16.1. The molecule has 1 aliphatic rings. The van der Waals surface area contributed by atoms with Crippen LogP contribution >= 0.6 is 23.4 Å². The molecule has 1 saturated carbocycles. The van der Waals surface area contributed by atoms with Gasteiger partial charge in [0.2, 0.25) is 11.1 Å². The van der Waals surface area contributed by atoms with E-state index >= 15 is 0 Å². The summed E-state index contributed by atoms with van der Waals surface area (Å²) >= 11 is 7.19. The molecule has 0 saturated heterocycles. The number of pyridine rings is 1. The van der Waals surface area contributed by atoms with Crippen molar-refractivity contribution in [3.05, 3.63) is 29.3 Å². The van der Waals surface area contributed by atoms with Gasteiger partial charge in [-0.05, 0) is 24.5 Å². The van der Waals surface area contributed by atoms with Gasteiger partial charge in [0, 0.05) is 12.6 Å². The Labute approximate surface area is 162 Å². The van der Waals surface area contributed by atoms with E-state index in [0.29, 0.717) is 10.8 Å². The first-order valence-corrected chi connectivity index (χ1v) is 10.2. The molecule has 0 aromatic carbocycles. The van der Waals surface area contributed by atoms with Crippen LogP contribution in [0, 0.1) is 5.92 Å². The minimum atomic E-state index is -0.198. The Balaban J connectivity index is 1.48. The normalized spacial score (nSPS) is 15.1. The summed E-state index contributed by atoms with van der Waals surface area (Å²) in [5.41, 5.74) is 0.488. The number of halogens is 1. The molecule has 140 valence electrons. The van der Waals surface area contributed by atoms with Crippen molar-refractivity contribution in [2.45, 2.75) is 50.1 Å². The molecular weight excluding hydrogens is 372 g/mol. The Morgan fingerprint density at radius 2 is 2.15 bits per heavy atom. The summed E-state index contributed by atoms with van der Waals surface area (Å²) in [6.45, 7) is 0. The number of aryl methyl sites for hydroxylation is 1. The van der Waals surface area contributed by atoms with Gasteiger partial charge in [-0.25, -0.2) is 9.66 Å². The maximum atomic E-state index is 12.1. The monoisotopic (exact) mass is 394 g/mol. The second-order valence-corrected chi connectivity index (χ2v) is 7.79. The van der Waals surface area contributed by atoms with Crippen LogP contribution in [0.5, 0.6) is 0 Å². The van der Waals surface area contributed by atoms with E-state index in [1.807, 2.05) is 0 Å². The number of hydrogen-bond donors (Lipinski definition) is 2. The Kier molecular flexibility index (Phi) is 6.73. The van der Waals surface area contributed by atoms with Crippen LogP contribution < -0.4 is 11.2 Å². The summed E-state index contributed by atoms with van der Waals surface area (Å²) in [5.74, 6) is 7.60. The van der Waals surface area contributed by atoms with Crippen molar-refractivity contribution < 1.29 is 4.79 Å². The van der Waals surface area contributed by atoms with E-state index in [-0.39, 0.29) is 16.8 Å². The van der Waals surface area contributed by atoms with Gasteiger partial charge < -0.3 is 11.2 Å². The summed E-state index contributed by atoms with van der Waals surface area (Å²) in [6, 6.07) is 3.41. The van der Waals surface area contributed by atoms with Gasteiger partial charge in [-0.15, -0.1) is 10.2 Å². The Bertz CT molecular complexity index is 747. The molecule has 0 spiro atoms. The molecular formula is C17H23ClN6OS. The number of thioether (sulfide) groups is 1. The number of aromatic nitrogens is 4. The molecule has 1 fully saturated rings. The van der Waals surface area contributed by atoms with Crippen LogP contribution in [0.2, 0.25) is 5.15 Å². The third-order valence-corrected chi connectivity index (χ3v) is 5.85. The van der Waals surface area contributed by atoms with Gasteiger partial charge in [0.05, 0.1) is 11.4 Å². The summed E-state index contributed by atoms with van der Waals surface area (Å²) in [6.07, 6.45) is 10.1. The van der Waals surface area contributed by atoms with E-state index in [0.717, 1.165) is 24.6 Å². The number of carbonyl (C=O) groups is 1. The van der Waals surface area contributed by atoms with Crippen molar-refractivity contribution >= 4 is 35.0 Å². The number of nitrogens with zero attached hydrogens (tertiary/aromatic N) is 4. The summed E-state index contributed by atoms with van der Waals surface area (Å²) in [7, 11) is 0. The van der Waals surface area contributed by atoms with Gasteiger partial charge in [-0.3, -0.25) is 4.79 Å². The largest absolute Gasteiger partial charge is 0.336 e. The predicted molar refractivity (Wildman–Crippen MR) is 104 cm³/mol. The first kappa shape index (κ1) is 19.0. The van der Waals surface area contributed by atoms with Gasteiger partial charge in [-0.1, -0.05) is 55.5 Å². The predicted octanol–water partition coefficient (Wildman–Crippen LogP) is 3.28. The molecule has 0 radical (unpaired) electrons. The Morgan fingerprint density at radius 1 is 1.35 bits per heavy atom. The maximum absolute atomic E-state index is 12.1. The minimum absolute atomic E-state index is 0.170. The van der Waals surface area contributed by atoms with Crippen molar-refractivity contribution in [3.8, 4) is 0 Å². The summed E-state index contributed by atoms with van der Waals surface area (Å²) in [5, 5.41) is 11.8. The molecule has 1 aliphatic carbocycles. The highest BCUT2D eigenvalue weighted by Crippen LogP contribution is 2.27. The highest BCUT2D eigenvalue weighted by atomic mass is 35.5. The van der Waals surface area contributed by atoms with Gasteiger partial charge >= 0.3 is 0 Å². The first-order valence-electron chi connectivity index (χ1n) is 8.86. The minimum Gasteiger partial charge on any atom is -0.336 e. The number of hydrogen-bond acceptors (Lipinski definition) is 6. The van der Waals surface area contributed by atoms with E-state index in [1.165, 1.54) is 48.5 Å². The molecule has 3 N–H and O–H groups in total. The Morgan fingerprint density at radius 3 is 2.92 bits per heavy atom. The standard InChI is InChI=1S/C17H23ClN6OS/c18-16-13(7-4-10-20-16)21-15(25)11-26-17-23-22-14(24(17)19)9-8-12-5-2-1-3-6-12/h4,7,10,12H,1-3,5-6,8-9,11,19H2,(H,21,25). The number of nitrogens with one attached hydrogen (secondary N) is 1. The number of anilines is 1. The van der Waals surface area contributed by atoms with Crippen LogP contribution in [-0.4, -0.2) is 31.5 Å². The highest BCUT2D eigenvalue weighted by molar-refractivity contribution is 7.99.